The SMILES string of the molecule is CCOC1CC(CC(O)Cc2cc(Br)cc3c2OCC3)C1. The van der Waals surface area contributed by atoms with E-state index in [4.69, 9.17) is 9.47 Å². The Morgan fingerprint density at radius 1 is 1.43 bits per heavy atom. The second-order valence-electron chi connectivity index (χ2n) is 6.16. The average molecular weight is 355 g/mol. The summed E-state index contributed by atoms with van der Waals surface area (Å²) >= 11 is 3.55. The highest BCUT2D eigenvalue weighted by molar-refractivity contribution is 9.10. The fraction of sp³-hybridized carbons (Fsp3) is 0.647. The molecule has 1 aliphatic carbocycles. The van der Waals surface area contributed by atoms with Crippen molar-refractivity contribution in [3.8, 4) is 5.75 Å². The van der Waals surface area contributed by atoms with Gasteiger partial charge in [0.25, 0.3) is 0 Å². The molecule has 3 nitrogen and oxygen atoms in total. The Labute approximate surface area is 134 Å². The maximum Gasteiger partial charge on any atom is 0.125 e. The van der Waals surface area contributed by atoms with Crippen molar-refractivity contribution >= 4 is 15.9 Å². The summed E-state index contributed by atoms with van der Waals surface area (Å²) in [4.78, 5) is 0. The van der Waals surface area contributed by atoms with Crippen molar-refractivity contribution in [1.29, 1.82) is 0 Å². The maximum atomic E-state index is 10.4. The van der Waals surface area contributed by atoms with Gasteiger partial charge in [-0.2, -0.15) is 0 Å². The van der Waals surface area contributed by atoms with Crippen molar-refractivity contribution in [2.45, 2.75) is 51.2 Å². The summed E-state index contributed by atoms with van der Waals surface area (Å²) < 4.78 is 12.4. The third-order valence-corrected chi connectivity index (χ3v) is 4.94. The van der Waals surface area contributed by atoms with E-state index in [0.29, 0.717) is 18.4 Å². The summed E-state index contributed by atoms with van der Waals surface area (Å²) in [7, 11) is 0. The Morgan fingerprint density at radius 2 is 2.24 bits per heavy atom. The summed E-state index contributed by atoms with van der Waals surface area (Å²) in [6.07, 6.45) is 4.83. The highest BCUT2D eigenvalue weighted by Crippen LogP contribution is 2.37. The molecule has 116 valence electrons. The van der Waals surface area contributed by atoms with Crippen LogP contribution in [-0.4, -0.2) is 30.5 Å². The highest BCUT2D eigenvalue weighted by Gasteiger charge is 2.31. The lowest BCUT2D eigenvalue weighted by atomic mass is 9.78. The van der Waals surface area contributed by atoms with Crippen molar-refractivity contribution in [2.75, 3.05) is 13.2 Å². The van der Waals surface area contributed by atoms with Crippen molar-refractivity contribution in [3.63, 3.8) is 0 Å². The van der Waals surface area contributed by atoms with Crippen LogP contribution >= 0.6 is 15.9 Å². The molecule has 1 atom stereocenters. The number of halogens is 1. The summed E-state index contributed by atoms with van der Waals surface area (Å²) in [6.45, 7) is 3.59. The topological polar surface area (TPSA) is 38.7 Å². The minimum absolute atomic E-state index is 0.292. The number of aliphatic hydroxyl groups excluding tert-OH is 1. The van der Waals surface area contributed by atoms with E-state index in [-0.39, 0.29) is 6.10 Å². The Balaban J connectivity index is 1.55. The zero-order chi connectivity index (χ0) is 14.8. The van der Waals surface area contributed by atoms with E-state index in [1.165, 1.54) is 5.56 Å². The molecule has 0 aromatic heterocycles. The number of ether oxygens (including phenoxy) is 2. The molecule has 1 N–H and O–H groups in total. The number of fused-ring (bicyclic) bond motifs is 1. The van der Waals surface area contributed by atoms with Gasteiger partial charge < -0.3 is 14.6 Å². The Bertz CT molecular complexity index is 497. The van der Waals surface area contributed by atoms with E-state index in [1.54, 1.807) is 0 Å². The van der Waals surface area contributed by atoms with Crippen molar-refractivity contribution < 1.29 is 14.6 Å². The molecule has 1 unspecified atom stereocenters. The molecule has 1 fully saturated rings. The van der Waals surface area contributed by atoms with Crippen LogP contribution in [0.3, 0.4) is 0 Å². The van der Waals surface area contributed by atoms with Crippen molar-refractivity contribution in [1.82, 2.24) is 0 Å². The Hall–Kier alpha value is -0.580. The first-order valence-corrected chi connectivity index (χ1v) is 8.68. The van der Waals surface area contributed by atoms with Gasteiger partial charge in [-0.1, -0.05) is 15.9 Å². The summed E-state index contributed by atoms with van der Waals surface area (Å²) in [5.41, 5.74) is 2.39. The summed E-state index contributed by atoms with van der Waals surface area (Å²) in [5, 5.41) is 10.4. The average Bonchev–Trinajstić information content (AvgIpc) is 2.84. The van der Waals surface area contributed by atoms with Gasteiger partial charge in [-0.3, -0.25) is 0 Å². The predicted molar refractivity (Wildman–Crippen MR) is 85.8 cm³/mol. The van der Waals surface area contributed by atoms with Gasteiger partial charge in [-0.05, 0) is 55.4 Å². The van der Waals surface area contributed by atoms with Crippen molar-refractivity contribution in [3.05, 3.63) is 27.7 Å². The second kappa shape index (κ2) is 6.67. The van der Waals surface area contributed by atoms with Gasteiger partial charge in [-0.25, -0.2) is 0 Å². The molecule has 0 amide bonds. The third-order valence-electron chi connectivity index (χ3n) is 4.48. The molecule has 2 aliphatic rings. The normalized spacial score (nSPS) is 25.1. The molecule has 21 heavy (non-hydrogen) atoms. The molecular formula is C17H23BrO3. The fourth-order valence-electron chi connectivity index (χ4n) is 3.46. The fourth-order valence-corrected chi connectivity index (χ4v) is 4.01. The lowest BCUT2D eigenvalue weighted by Crippen LogP contribution is -2.34. The lowest BCUT2D eigenvalue weighted by molar-refractivity contribution is -0.0376. The van der Waals surface area contributed by atoms with Crippen molar-refractivity contribution in [2.24, 2.45) is 5.92 Å². The molecule has 1 heterocycles. The molecule has 1 aromatic carbocycles. The molecule has 4 heteroatoms. The number of aliphatic hydroxyl groups is 1. The number of hydrogen-bond acceptors (Lipinski definition) is 3. The van der Waals surface area contributed by atoms with E-state index in [0.717, 1.165) is 54.7 Å². The zero-order valence-electron chi connectivity index (χ0n) is 12.5. The highest BCUT2D eigenvalue weighted by atomic mass is 79.9. The molecule has 0 radical (unpaired) electrons. The van der Waals surface area contributed by atoms with Crippen LogP contribution in [0.1, 0.15) is 37.3 Å². The van der Waals surface area contributed by atoms with Gasteiger partial charge in [0.2, 0.25) is 0 Å². The van der Waals surface area contributed by atoms with Crippen LogP contribution in [0.15, 0.2) is 16.6 Å². The molecule has 3 rings (SSSR count). The van der Waals surface area contributed by atoms with Gasteiger partial charge in [-0.15, -0.1) is 0 Å². The smallest absolute Gasteiger partial charge is 0.125 e. The Kier molecular flexibility index (Phi) is 4.87. The van der Waals surface area contributed by atoms with E-state index in [9.17, 15) is 5.11 Å². The first kappa shape index (κ1) is 15.3. The number of benzene rings is 1. The first-order valence-electron chi connectivity index (χ1n) is 7.89. The van der Waals surface area contributed by atoms with Crippen LogP contribution in [0.5, 0.6) is 5.75 Å². The summed E-state index contributed by atoms with van der Waals surface area (Å²) in [5.74, 6) is 1.61. The lowest BCUT2D eigenvalue weighted by Gasteiger charge is -2.36. The molecule has 0 saturated heterocycles. The molecule has 1 aromatic rings. The monoisotopic (exact) mass is 354 g/mol. The third kappa shape index (κ3) is 3.61. The van der Waals surface area contributed by atoms with Gasteiger partial charge in [0, 0.05) is 23.9 Å². The predicted octanol–water partition coefficient (Wildman–Crippen LogP) is 3.49. The van der Waals surface area contributed by atoms with Gasteiger partial charge in [0.1, 0.15) is 5.75 Å². The zero-order valence-corrected chi connectivity index (χ0v) is 14.1. The minimum atomic E-state index is -0.292. The van der Waals surface area contributed by atoms with Crippen LogP contribution < -0.4 is 4.74 Å². The van der Waals surface area contributed by atoms with Gasteiger partial charge in [0.15, 0.2) is 0 Å². The minimum Gasteiger partial charge on any atom is -0.493 e. The molecule has 0 spiro atoms. The van der Waals surface area contributed by atoms with E-state index in [2.05, 4.69) is 28.1 Å². The standard InChI is InChI=1S/C17H23BrO3/c1-2-20-16-6-11(7-16)5-15(19)10-13-9-14(18)8-12-3-4-21-17(12)13/h8-9,11,15-16,19H,2-7,10H2,1H3. The van der Waals surface area contributed by atoms with Gasteiger partial charge in [0.05, 0.1) is 18.8 Å². The van der Waals surface area contributed by atoms with Gasteiger partial charge >= 0.3 is 0 Å². The Morgan fingerprint density at radius 3 is 3.00 bits per heavy atom. The van der Waals surface area contributed by atoms with E-state index in [1.807, 2.05) is 6.92 Å². The van der Waals surface area contributed by atoms with E-state index >= 15 is 0 Å². The molecule has 1 aliphatic heterocycles. The quantitative estimate of drug-likeness (QED) is 0.849. The maximum absolute atomic E-state index is 10.4. The molecule has 0 bridgehead atoms. The number of rotatable bonds is 6. The van der Waals surface area contributed by atoms with Crippen LogP contribution in [0.25, 0.3) is 0 Å². The van der Waals surface area contributed by atoms with Crippen LogP contribution in [0, 0.1) is 5.92 Å². The van der Waals surface area contributed by atoms with Crippen LogP contribution in [-0.2, 0) is 17.6 Å². The first-order chi connectivity index (χ1) is 10.2. The summed E-state index contributed by atoms with van der Waals surface area (Å²) in [6, 6.07) is 4.20. The molecular weight excluding hydrogens is 332 g/mol. The largest absolute Gasteiger partial charge is 0.493 e. The van der Waals surface area contributed by atoms with E-state index < -0.39 is 0 Å². The molecule has 1 saturated carbocycles. The second-order valence-corrected chi connectivity index (χ2v) is 7.08. The van der Waals surface area contributed by atoms with Crippen LogP contribution in [0.4, 0.5) is 0 Å². The number of hydrogen-bond donors (Lipinski definition) is 1. The van der Waals surface area contributed by atoms with Crippen LogP contribution in [0.2, 0.25) is 0 Å².